The Kier molecular flexibility index (Phi) is 4.53. The Morgan fingerprint density at radius 2 is 2.19 bits per heavy atom. The van der Waals surface area contributed by atoms with Gasteiger partial charge in [-0.15, -0.1) is 6.58 Å². The highest BCUT2D eigenvalue weighted by molar-refractivity contribution is 7.99. The van der Waals surface area contributed by atoms with Crippen LogP contribution < -0.4 is 10.9 Å². The van der Waals surface area contributed by atoms with E-state index in [1.165, 1.54) is 34.8 Å². The highest BCUT2D eigenvalue weighted by Gasteiger charge is 2.29. The molecule has 2 aromatic heterocycles. The molecule has 1 aromatic carbocycles. The van der Waals surface area contributed by atoms with Crippen molar-refractivity contribution in [2.75, 3.05) is 12.3 Å². The Labute approximate surface area is 157 Å². The lowest BCUT2D eigenvalue weighted by Gasteiger charge is -2.13. The quantitative estimate of drug-likeness (QED) is 0.537. The SMILES string of the molecule is C=CCNC(=O)CC1CSc2nc3c(cnn3-c3ccc(F)cc3)c(=O)n21. The van der Waals surface area contributed by atoms with E-state index in [0.717, 1.165) is 0 Å². The lowest BCUT2D eigenvalue weighted by Crippen LogP contribution is -2.30. The van der Waals surface area contributed by atoms with Gasteiger partial charge in [0.2, 0.25) is 5.91 Å². The Bertz CT molecular complexity index is 1090. The van der Waals surface area contributed by atoms with Crippen molar-refractivity contribution in [3.63, 3.8) is 0 Å². The fourth-order valence-corrected chi connectivity index (χ4v) is 4.15. The summed E-state index contributed by atoms with van der Waals surface area (Å²) in [5.41, 5.74) is 0.809. The van der Waals surface area contributed by atoms with Gasteiger partial charge in [0.25, 0.3) is 5.56 Å². The van der Waals surface area contributed by atoms with Gasteiger partial charge in [-0.05, 0) is 24.3 Å². The minimum atomic E-state index is -0.350. The number of hydrogen-bond acceptors (Lipinski definition) is 5. The third-order valence-corrected chi connectivity index (χ3v) is 5.40. The number of fused-ring (bicyclic) bond motifs is 2. The zero-order valence-electron chi connectivity index (χ0n) is 14.3. The van der Waals surface area contributed by atoms with E-state index in [2.05, 4.69) is 22.0 Å². The Morgan fingerprint density at radius 3 is 2.93 bits per heavy atom. The molecule has 0 saturated carbocycles. The van der Waals surface area contributed by atoms with Gasteiger partial charge in [-0.1, -0.05) is 17.8 Å². The van der Waals surface area contributed by atoms with Gasteiger partial charge in [-0.25, -0.2) is 14.1 Å². The number of benzene rings is 1. The number of nitrogens with one attached hydrogen (secondary N) is 1. The monoisotopic (exact) mass is 385 g/mol. The molecule has 1 atom stereocenters. The van der Waals surface area contributed by atoms with E-state index in [4.69, 9.17) is 0 Å². The van der Waals surface area contributed by atoms with Gasteiger partial charge >= 0.3 is 0 Å². The minimum Gasteiger partial charge on any atom is -0.353 e. The van der Waals surface area contributed by atoms with Crippen LogP contribution in [0.1, 0.15) is 12.5 Å². The van der Waals surface area contributed by atoms with E-state index in [9.17, 15) is 14.0 Å². The normalized spacial score (nSPS) is 15.7. The number of amides is 1. The molecule has 0 spiro atoms. The van der Waals surface area contributed by atoms with E-state index in [1.54, 1.807) is 22.8 Å². The third-order valence-electron chi connectivity index (χ3n) is 4.31. The number of carbonyl (C=O) groups is 1. The maximum absolute atomic E-state index is 13.2. The average Bonchev–Trinajstić information content (AvgIpc) is 3.26. The second-order valence-corrected chi connectivity index (χ2v) is 7.09. The molecule has 1 aliphatic heterocycles. The maximum atomic E-state index is 13.2. The van der Waals surface area contributed by atoms with E-state index in [1.807, 2.05) is 0 Å². The summed E-state index contributed by atoms with van der Waals surface area (Å²) in [5, 5.41) is 7.89. The molecule has 3 heterocycles. The smallest absolute Gasteiger partial charge is 0.265 e. The molecule has 138 valence electrons. The Hall–Kier alpha value is -2.94. The summed E-state index contributed by atoms with van der Waals surface area (Å²) in [7, 11) is 0. The van der Waals surface area contributed by atoms with Gasteiger partial charge < -0.3 is 5.32 Å². The van der Waals surface area contributed by atoms with Gasteiger partial charge in [0.05, 0.1) is 17.9 Å². The van der Waals surface area contributed by atoms with Crippen LogP contribution in [0.5, 0.6) is 0 Å². The number of halogens is 1. The lowest BCUT2D eigenvalue weighted by molar-refractivity contribution is -0.121. The molecule has 27 heavy (non-hydrogen) atoms. The standard InChI is InChI=1S/C18H16FN5O2S/c1-2-7-20-15(25)8-13-10-27-18-22-16-14(17(26)23(13)18)9-21-24(16)12-5-3-11(19)4-6-12/h2-6,9,13H,1,7-8,10H2,(H,20,25). The van der Waals surface area contributed by atoms with Crippen LogP contribution in [0.15, 0.2) is 53.1 Å². The fourth-order valence-electron chi connectivity index (χ4n) is 3.02. The molecule has 0 bridgehead atoms. The van der Waals surface area contributed by atoms with Crippen LogP contribution in [0.4, 0.5) is 4.39 Å². The second kappa shape index (κ2) is 6.99. The molecule has 9 heteroatoms. The summed E-state index contributed by atoms with van der Waals surface area (Å²) >= 11 is 1.43. The van der Waals surface area contributed by atoms with Gasteiger partial charge in [0, 0.05) is 18.7 Å². The van der Waals surface area contributed by atoms with Gasteiger partial charge in [0.1, 0.15) is 11.2 Å². The zero-order chi connectivity index (χ0) is 19.0. The largest absolute Gasteiger partial charge is 0.353 e. The minimum absolute atomic E-state index is 0.137. The molecule has 0 fully saturated rings. The summed E-state index contributed by atoms with van der Waals surface area (Å²) in [4.78, 5) is 29.6. The van der Waals surface area contributed by atoms with E-state index in [-0.39, 0.29) is 29.7 Å². The molecule has 1 unspecified atom stereocenters. The molecule has 0 saturated heterocycles. The van der Waals surface area contributed by atoms with Gasteiger partial charge in [-0.2, -0.15) is 5.10 Å². The topological polar surface area (TPSA) is 81.8 Å². The summed E-state index contributed by atoms with van der Waals surface area (Å²) in [6.07, 6.45) is 3.27. The zero-order valence-corrected chi connectivity index (χ0v) is 15.1. The van der Waals surface area contributed by atoms with Crippen molar-refractivity contribution in [3.8, 4) is 5.69 Å². The number of carbonyl (C=O) groups excluding carboxylic acids is 1. The predicted molar refractivity (Wildman–Crippen MR) is 101 cm³/mol. The molecule has 1 N–H and O–H groups in total. The molecule has 3 aromatic rings. The second-order valence-electron chi connectivity index (χ2n) is 6.10. The highest BCUT2D eigenvalue weighted by atomic mass is 32.2. The van der Waals surface area contributed by atoms with Crippen LogP contribution >= 0.6 is 11.8 Å². The average molecular weight is 385 g/mol. The predicted octanol–water partition coefficient (Wildman–Crippen LogP) is 2.06. The Balaban J connectivity index is 1.72. The number of rotatable bonds is 5. The van der Waals surface area contributed by atoms with Crippen molar-refractivity contribution >= 4 is 28.7 Å². The molecule has 0 radical (unpaired) electrons. The van der Waals surface area contributed by atoms with Crippen molar-refractivity contribution in [2.45, 2.75) is 17.6 Å². The third kappa shape index (κ3) is 3.14. The van der Waals surface area contributed by atoms with E-state index in [0.29, 0.717) is 34.2 Å². The number of aromatic nitrogens is 4. The number of thioether (sulfide) groups is 1. The van der Waals surface area contributed by atoms with Crippen LogP contribution in [0.2, 0.25) is 0 Å². The number of hydrogen-bond donors (Lipinski definition) is 1. The van der Waals surface area contributed by atoms with Crippen LogP contribution in [0.3, 0.4) is 0 Å². The van der Waals surface area contributed by atoms with Crippen molar-refractivity contribution in [3.05, 3.63) is 59.3 Å². The highest BCUT2D eigenvalue weighted by Crippen LogP contribution is 2.33. The molecule has 1 aliphatic rings. The summed E-state index contributed by atoms with van der Waals surface area (Å²) in [6, 6.07) is 5.56. The number of nitrogens with zero attached hydrogens (tertiary/aromatic N) is 4. The first kappa shape index (κ1) is 17.5. The van der Waals surface area contributed by atoms with E-state index >= 15 is 0 Å². The van der Waals surface area contributed by atoms with E-state index < -0.39 is 0 Å². The molecule has 1 amide bonds. The van der Waals surface area contributed by atoms with Crippen LogP contribution in [0, 0.1) is 5.82 Å². The van der Waals surface area contributed by atoms with Crippen LogP contribution in [-0.2, 0) is 4.79 Å². The summed E-state index contributed by atoms with van der Waals surface area (Å²) in [6.45, 7) is 3.96. The fraction of sp³-hybridized carbons (Fsp3) is 0.222. The summed E-state index contributed by atoms with van der Waals surface area (Å²) < 4.78 is 16.3. The Morgan fingerprint density at radius 1 is 1.41 bits per heavy atom. The van der Waals surface area contributed by atoms with Crippen molar-refractivity contribution in [2.24, 2.45) is 0 Å². The summed E-state index contributed by atoms with van der Waals surface area (Å²) in [5.74, 6) is 0.111. The first-order valence-corrected chi connectivity index (χ1v) is 9.33. The molecule has 4 rings (SSSR count). The van der Waals surface area contributed by atoms with Crippen molar-refractivity contribution in [1.82, 2.24) is 24.6 Å². The first-order chi connectivity index (χ1) is 13.1. The van der Waals surface area contributed by atoms with Crippen molar-refractivity contribution in [1.29, 1.82) is 0 Å². The molecular weight excluding hydrogens is 369 g/mol. The molecular formula is C18H16FN5O2S. The molecule has 0 aliphatic carbocycles. The van der Waals surface area contributed by atoms with Crippen LogP contribution in [-0.4, -0.2) is 37.5 Å². The first-order valence-electron chi connectivity index (χ1n) is 8.35. The van der Waals surface area contributed by atoms with Crippen molar-refractivity contribution < 1.29 is 9.18 Å². The van der Waals surface area contributed by atoms with Crippen LogP contribution in [0.25, 0.3) is 16.7 Å². The van der Waals surface area contributed by atoms with Gasteiger partial charge in [-0.3, -0.25) is 14.2 Å². The molecule has 7 nitrogen and oxygen atoms in total. The lowest BCUT2D eigenvalue weighted by atomic mass is 10.2. The maximum Gasteiger partial charge on any atom is 0.265 e. The van der Waals surface area contributed by atoms with Gasteiger partial charge in [0.15, 0.2) is 10.8 Å².